The summed E-state index contributed by atoms with van der Waals surface area (Å²) < 4.78 is 6.44. The van der Waals surface area contributed by atoms with Crippen LogP contribution in [0.2, 0.25) is 0 Å². The summed E-state index contributed by atoms with van der Waals surface area (Å²) in [5, 5.41) is 9.71. The molecule has 0 amide bonds. The Bertz CT molecular complexity index is 2730. The fraction of sp³-hybridized carbons (Fsp3) is 0. The van der Waals surface area contributed by atoms with Crippen LogP contribution in [0.3, 0.4) is 0 Å². The molecule has 0 unspecified atom stereocenters. The Balaban J connectivity index is 1.18. The van der Waals surface area contributed by atoms with Crippen LogP contribution in [0.15, 0.2) is 156 Å². The molecule has 0 saturated heterocycles. The maximum absolute atomic E-state index is 6.44. The molecule has 0 atom stereocenters. The van der Waals surface area contributed by atoms with E-state index >= 15 is 0 Å². The standard InChI is InChI=1S/C43H25N3O/c1-3-11-26(12-4-1)41-44-42(27-13-5-2-6-14-27)46-43(45-41)31-16-9-15-28(23-31)29-21-22-30-25-37-40-38(35(30)24-29)33-18-8-7-17-32(33)34-19-10-20-36(47-37)39(34)40/h1-25H. The van der Waals surface area contributed by atoms with Crippen molar-refractivity contribution in [1.29, 1.82) is 0 Å². The van der Waals surface area contributed by atoms with Gasteiger partial charge >= 0.3 is 0 Å². The van der Waals surface area contributed by atoms with Crippen LogP contribution in [-0.2, 0) is 0 Å². The van der Waals surface area contributed by atoms with Gasteiger partial charge in [0.15, 0.2) is 17.5 Å². The van der Waals surface area contributed by atoms with Gasteiger partial charge in [0, 0.05) is 32.8 Å². The predicted octanol–water partition coefficient (Wildman–Crippen LogP) is 11.3. The van der Waals surface area contributed by atoms with Gasteiger partial charge in [0.05, 0.1) is 0 Å². The highest BCUT2D eigenvalue weighted by molar-refractivity contribution is 6.38. The first-order valence-corrected chi connectivity index (χ1v) is 15.8. The Morgan fingerprint density at radius 3 is 1.62 bits per heavy atom. The van der Waals surface area contributed by atoms with Crippen LogP contribution in [0, 0.1) is 0 Å². The van der Waals surface area contributed by atoms with Crippen molar-refractivity contribution in [3.05, 3.63) is 152 Å². The molecule has 0 N–H and O–H groups in total. The zero-order valence-electron chi connectivity index (χ0n) is 25.2. The topological polar surface area (TPSA) is 51.8 Å². The van der Waals surface area contributed by atoms with E-state index in [1.165, 1.54) is 37.7 Å². The van der Waals surface area contributed by atoms with Gasteiger partial charge in [-0.2, -0.15) is 0 Å². The van der Waals surface area contributed by atoms with Gasteiger partial charge in [-0.15, -0.1) is 0 Å². The number of hydrogen-bond acceptors (Lipinski definition) is 4. The van der Waals surface area contributed by atoms with Crippen molar-refractivity contribution in [3.8, 4) is 45.3 Å². The first-order chi connectivity index (χ1) is 23.3. The number of furan rings is 1. The minimum absolute atomic E-state index is 0.642. The number of nitrogens with zero attached hydrogens (tertiary/aromatic N) is 3. The first kappa shape index (κ1) is 25.9. The Morgan fingerprint density at radius 1 is 0.319 bits per heavy atom. The Kier molecular flexibility index (Phi) is 5.54. The van der Waals surface area contributed by atoms with Crippen molar-refractivity contribution in [2.75, 3.05) is 0 Å². The molecule has 0 aliphatic carbocycles. The number of benzene rings is 8. The molecule has 0 fully saturated rings. The second-order valence-corrected chi connectivity index (χ2v) is 12.0. The van der Waals surface area contributed by atoms with Gasteiger partial charge in [-0.1, -0.05) is 127 Å². The summed E-state index contributed by atoms with van der Waals surface area (Å²) in [6.45, 7) is 0. The second-order valence-electron chi connectivity index (χ2n) is 12.0. The molecule has 0 saturated carbocycles. The molecule has 0 radical (unpaired) electrons. The average molecular weight is 600 g/mol. The summed E-state index contributed by atoms with van der Waals surface area (Å²) in [4.78, 5) is 14.8. The highest BCUT2D eigenvalue weighted by Gasteiger charge is 2.20. The van der Waals surface area contributed by atoms with Crippen LogP contribution in [-0.4, -0.2) is 15.0 Å². The third-order valence-electron chi connectivity index (χ3n) is 9.24. The van der Waals surface area contributed by atoms with Crippen molar-refractivity contribution >= 4 is 54.3 Å². The molecule has 8 aromatic carbocycles. The predicted molar refractivity (Wildman–Crippen MR) is 193 cm³/mol. The molecule has 10 rings (SSSR count). The number of fused-ring (bicyclic) bond motifs is 5. The Morgan fingerprint density at radius 2 is 0.872 bits per heavy atom. The van der Waals surface area contributed by atoms with E-state index in [2.05, 4.69) is 91.0 Å². The van der Waals surface area contributed by atoms with Gasteiger partial charge in [-0.25, -0.2) is 15.0 Å². The molecule has 0 aliphatic heterocycles. The van der Waals surface area contributed by atoms with Crippen molar-refractivity contribution in [2.45, 2.75) is 0 Å². The average Bonchev–Trinajstić information content (AvgIpc) is 3.53. The Hall–Kier alpha value is -6.39. The van der Waals surface area contributed by atoms with Crippen LogP contribution in [0.4, 0.5) is 0 Å². The summed E-state index contributed by atoms with van der Waals surface area (Å²) in [6, 6.07) is 52.7. The zero-order chi connectivity index (χ0) is 30.9. The lowest BCUT2D eigenvalue weighted by Crippen LogP contribution is -2.00. The van der Waals surface area contributed by atoms with Crippen LogP contribution in [0.25, 0.3) is 99.5 Å². The fourth-order valence-corrected chi connectivity index (χ4v) is 7.09. The largest absolute Gasteiger partial charge is 0.456 e. The van der Waals surface area contributed by atoms with Gasteiger partial charge in [0.2, 0.25) is 0 Å². The van der Waals surface area contributed by atoms with Gasteiger partial charge in [0.1, 0.15) is 11.2 Å². The Labute approximate surface area is 270 Å². The normalized spacial score (nSPS) is 11.8. The van der Waals surface area contributed by atoms with Crippen molar-refractivity contribution in [1.82, 2.24) is 15.0 Å². The summed E-state index contributed by atoms with van der Waals surface area (Å²) in [5.41, 5.74) is 6.93. The monoisotopic (exact) mass is 599 g/mol. The molecular weight excluding hydrogens is 574 g/mol. The lowest BCUT2D eigenvalue weighted by molar-refractivity contribution is 0.670. The lowest BCUT2D eigenvalue weighted by Gasteiger charge is -2.12. The number of rotatable bonds is 4. The van der Waals surface area contributed by atoms with E-state index in [0.717, 1.165) is 44.4 Å². The van der Waals surface area contributed by atoms with E-state index in [9.17, 15) is 0 Å². The van der Waals surface area contributed by atoms with Gasteiger partial charge in [0.25, 0.3) is 0 Å². The number of hydrogen-bond donors (Lipinski definition) is 0. The highest BCUT2D eigenvalue weighted by Crippen LogP contribution is 2.46. The van der Waals surface area contributed by atoms with E-state index in [0.29, 0.717) is 17.5 Å². The molecule has 10 aromatic rings. The van der Waals surface area contributed by atoms with Crippen LogP contribution in [0.5, 0.6) is 0 Å². The van der Waals surface area contributed by atoms with E-state index in [-0.39, 0.29) is 0 Å². The van der Waals surface area contributed by atoms with E-state index in [1.807, 2.05) is 60.7 Å². The molecule has 2 aromatic heterocycles. The second kappa shape index (κ2) is 10.1. The van der Waals surface area contributed by atoms with Gasteiger partial charge < -0.3 is 4.42 Å². The molecule has 2 heterocycles. The molecule has 0 aliphatic rings. The first-order valence-electron chi connectivity index (χ1n) is 15.8. The minimum Gasteiger partial charge on any atom is -0.456 e. The maximum atomic E-state index is 6.44. The van der Waals surface area contributed by atoms with Crippen LogP contribution < -0.4 is 0 Å². The number of aromatic nitrogens is 3. The van der Waals surface area contributed by atoms with Gasteiger partial charge in [-0.3, -0.25) is 0 Å². The molecule has 4 nitrogen and oxygen atoms in total. The molecule has 0 spiro atoms. The SMILES string of the molecule is c1ccc(-c2nc(-c3ccccc3)nc(-c3cccc(-c4ccc5cc6oc7cccc8c9ccccc9c(c5c4)c6c78)c3)n2)cc1. The highest BCUT2D eigenvalue weighted by atomic mass is 16.3. The van der Waals surface area contributed by atoms with Crippen molar-refractivity contribution in [2.24, 2.45) is 0 Å². The van der Waals surface area contributed by atoms with E-state index in [4.69, 9.17) is 19.4 Å². The summed E-state index contributed by atoms with van der Waals surface area (Å²) >= 11 is 0. The third kappa shape index (κ3) is 4.05. The smallest absolute Gasteiger partial charge is 0.164 e. The molecule has 47 heavy (non-hydrogen) atoms. The van der Waals surface area contributed by atoms with Crippen LogP contribution >= 0.6 is 0 Å². The zero-order valence-corrected chi connectivity index (χ0v) is 25.2. The summed E-state index contributed by atoms with van der Waals surface area (Å²) in [7, 11) is 0. The van der Waals surface area contributed by atoms with E-state index < -0.39 is 0 Å². The minimum atomic E-state index is 0.642. The molecule has 0 bridgehead atoms. The van der Waals surface area contributed by atoms with Crippen molar-refractivity contribution < 1.29 is 4.42 Å². The lowest BCUT2D eigenvalue weighted by atomic mass is 9.90. The molecule has 218 valence electrons. The molecular formula is C43H25N3O. The van der Waals surface area contributed by atoms with E-state index in [1.54, 1.807) is 0 Å². The third-order valence-corrected chi connectivity index (χ3v) is 9.24. The summed E-state index contributed by atoms with van der Waals surface area (Å²) in [6.07, 6.45) is 0. The maximum Gasteiger partial charge on any atom is 0.164 e. The fourth-order valence-electron chi connectivity index (χ4n) is 7.09. The quantitative estimate of drug-likeness (QED) is 0.189. The van der Waals surface area contributed by atoms with Crippen molar-refractivity contribution in [3.63, 3.8) is 0 Å². The summed E-state index contributed by atoms with van der Waals surface area (Å²) in [5.74, 6) is 1.95. The van der Waals surface area contributed by atoms with Gasteiger partial charge in [-0.05, 0) is 62.3 Å². The molecule has 4 heteroatoms. The van der Waals surface area contributed by atoms with Crippen LogP contribution in [0.1, 0.15) is 0 Å².